The molecule has 0 saturated carbocycles. The van der Waals surface area contributed by atoms with Crippen LogP contribution in [-0.2, 0) is 9.47 Å². The summed E-state index contributed by atoms with van der Waals surface area (Å²) >= 11 is 0. The van der Waals surface area contributed by atoms with E-state index < -0.39 is 11.8 Å². The monoisotopic (exact) mass is 329 g/mol. The molecule has 2 saturated heterocycles. The largest absolute Gasteiger partial charge is 0.509 e. The number of piperidine rings is 1. The summed E-state index contributed by atoms with van der Waals surface area (Å²) in [5, 5.41) is 7.28. The zero-order chi connectivity index (χ0) is 16.7. The maximum atomic E-state index is 12.8. The summed E-state index contributed by atoms with van der Waals surface area (Å²) in [4.78, 5) is 37.4. The molecule has 0 bridgehead atoms. The summed E-state index contributed by atoms with van der Waals surface area (Å²) in [6.45, 7) is 1.10. The van der Waals surface area contributed by atoms with Crippen LogP contribution >= 0.6 is 0 Å². The number of carbonyl (C=O) groups excluding carboxylic acids is 2. The summed E-state index contributed by atoms with van der Waals surface area (Å²) in [6.07, 6.45) is 0.389. The fourth-order valence-electron chi connectivity index (χ4n) is 3.22. The van der Waals surface area contributed by atoms with Gasteiger partial charge in [0.1, 0.15) is 6.61 Å². The van der Waals surface area contributed by atoms with Crippen LogP contribution in [0.3, 0.4) is 0 Å². The van der Waals surface area contributed by atoms with Crippen molar-refractivity contribution in [1.82, 2.24) is 15.1 Å². The number of H-pyrrole nitrogens is 1. The van der Waals surface area contributed by atoms with Crippen molar-refractivity contribution in [3.05, 3.63) is 40.3 Å². The molecule has 2 fully saturated rings. The zero-order valence-electron chi connectivity index (χ0n) is 12.8. The lowest BCUT2D eigenvalue weighted by atomic mass is 9.92. The summed E-state index contributed by atoms with van der Waals surface area (Å²) in [6, 6.07) is 6.88. The minimum Gasteiger partial charge on any atom is -0.430 e. The number of hydrogen-bond donors (Lipinski definition) is 1. The van der Waals surface area contributed by atoms with E-state index in [1.54, 1.807) is 29.2 Å². The Morgan fingerprint density at radius 1 is 1.17 bits per heavy atom. The minimum atomic E-state index is -0.650. The number of nitrogens with one attached hydrogen (secondary N) is 1. The molecule has 8 heteroatoms. The summed E-state index contributed by atoms with van der Waals surface area (Å²) in [5.74, 6) is -0.248. The van der Waals surface area contributed by atoms with Gasteiger partial charge in [-0.3, -0.25) is 9.59 Å². The van der Waals surface area contributed by atoms with Crippen molar-refractivity contribution in [3.8, 4) is 0 Å². The van der Waals surface area contributed by atoms with E-state index in [4.69, 9.17) is 9.47 Å². The van der Waals surface area contributed by atoms with Gasteiger partial charge in [0.25, 0.3) is 11.5 Å². The Kier molecular flexibility index (Phi) is 3.26. The second-order valence-electron chi connectivity index (χ2n) is 6.06. The first kappa shape index (κ1) is 14.7. The van der Waals surface area contributed by atoms with Crippen molar-refractivity contribution >= 4 is 22.8 Å². The van der Waals surface area contributed by atoms with Crippen LogP contribution < -0.4 is 5.56 Å². The van der Waals surface area contributed by atoms with Crippen LogP contribution in [0.4, 0.5) is 4.79 Å². The number of ether oxygens (including phenoxy) is 2. The van der Waals surface area contributed by atoms with Gasteiger partial charge in [0.2, 0.25) is 0 Å². The predicted octanol–water partition coefficient (Wildman–Crippen LogP) is 1.06. The molecule has 4 rings (SSSR count). The molecule has 3 heterocycles. The van der Waals surface area contributed by atoms with Crippen LogP contribution in [0.15, 0.2) is 29.1 Å². The van der Waals surface area contributed by atoms with Gasteiger partial charge in [-0.15, -0.1) is 0 Å². The van der Waals surface area contributed by atoms with Crippen LogP contribution in [0, 0.1) is 0 Å². The molecule has 1 aromatic heterocycles. The van der Waals surface area contributed by atoms with E-state index in [2.05, 4.69) is 10.2 Å². The van der Waals surface area contributed by atoms with Crippen molar-refractivity contribution in [2.24, 2.45) is 0 Å². The Hall–Kier alpha value is -2.90. The third-order valence-corrected chi connectivity index (χ3v) is 4.61. The number of likely N-dealkylation sites (tertiary alicyclic amines) is 1. The van der Waals surface area contributed by atoms with E-state index in [1.807, 2.05) is 0 Å². The number of amides is 1. The highest BCUT2D eigenvalue weighted by molar-refractivity contribution is 6.04. The number of nitrogens with zero attached hydrogens (tertiary/aromatic N) is 2. The molecule has 2 aliphatic rings. The average molecular weight is 329 g/mol. The van der Waals surface area contributed by atoms with Crippen LogP contribution in [0.5, 0.6) is 0 Å². The van der Waals surface area contributed by atoms with E-state index in [-0.39, 0.29) is 23.8 Å². The van der Waals surface area contributed by atoms with E-state index >= 15 is 0 Å². The summed E-state index contributed by atoms with van der Waals surface area (Å²) < 4.78 is 10.1. The lowest BCUT2D eigenvalue weighted by Gasteiger charge is -2.36. The topological polar surface area (TPSA) is 102 Å². The van der Waals surface area contributed by atoms with Gasteiger partial charge in [-0.2, -0.15) is 5.10 Å². The molecule has 1 spiro atoms. The fourth-order valence-corrected chi connectivity index (χ4v) is 3.22. The van der Waals surface area contributed by atoms with Gasteiger partial charge in [0.15, 0.2) is 11.3 Å². The molecule has 0 radical (unpaired) electrons. The Bertz CT molecular complexity index is 883. The zero-order valence-corrected chi connectivity index (χ0v) is 12.8. The van der Waals surface area contributed by atoms with Crippen molar-refractivity contribution in [2.45, 2.75) is 18.4 Å². The molecule has 0 unspecified atom stereocenters. The number of fused-ring (bicyclic) bond motifs is 1. The molecule has 0 aliphatic carbocycles. The van der Waals surface area contributed by atoms with Crippen molar-refractivity contribution in [1.29, 1.82) is 0 Å². The Morgan fingerprint density at radius 2 is 1.88 bits per heavy atom. The smallest absolute Gasteiger partial charge is 0.430 e. The number of cyclic esters (lactones) is 1. The van der Waals surface area contributed by atoms with Gasteiger partial charge >= 0.3 is 6.16 Å². The summed E-state index contributed by atoms with van der Waals surface area (Å²) in [7, 11) is 0. The average Bonchev–Trinajstić information content (AvgIpc) is 2.96. The van der Waals surface area contributed by atoms with Crippen molar-refractivity contribution in [2.75, 3.05) is 19.7 Å². The molecule has 1 N–H and O–H groups in total. The van der Waals surface area contributed by atoms with Crippen molar-refractivity contribution < 1.29 is 19.1 Å². The Balaban J connectivity index is 1.59. The minimum absolute atomic E-state index is 0.223. The normalized spacial score (nSPS) is 19.3. The van der Waals surface area contributed by atoms with Gasteiger partial charge in [-0.05, 0) is 6.07 Å². The first-order valence-electron chi connectivity index (χ1n) is 7.70. The number of aromatic nitrogens is 2. The second kappa shape index (κ2) is 5.33. The van der Waals surface area contributed by atoms with E-state index in [1.165, 1.54) is 0 Å². The second-order valence-corrected chi connectivity index (χ2v) is 6.06. The fraction of sp³-hybridized carbons (Fsp3) is 0.375. The van der Waals surface area contributed by atoms with E-state index in [9.17, 15) is 14.4 Å². The number of carbonyl (C=O) groups is 2. The third kappa shape index (κ3) is 2.31. The molecule has 2 aromatic rings. The highest BCUT2D eigenvalue weighted by Crippen LogP contribution is 2.32. The Labute approximate surface area is 136 Å². The maximum absolute atomic E-state index is 12.8. The van der Waals surface area contributed by atoms with E-state index in [0.29, 0.717) is 36.7 Å². The molecular formula is C16H15N3O5. The molecule has 0 atom stereocenters. The standard InChI is InChI=1S/C16H15N3O5/c20-13-11-4-2-1-3-10(11)12(17-18-13)14(21)19-7-5-16(6-8-19)9-23-15(22)24-16/h1-4H,5-9H2,(H,18,20). The molecular weight excluding hydrogens is 314 g/mol. The lowest BCUT2D eigenvalue weighted by molar-refractivity contribution is 0.00268. The molecule has 1 aromatic carbocycles. The van der Waals surface area contributed by atoms with Crippen LogP contribution in [0.1, 0.15) is 23.3 Å². The van der Waals surface area contributed by atoms with Gasteiger partial charge in [0, 0.05) is 31.3 Å². The maximum Gasteiger partial charge on any atom is 0.509 e. The van der Waals surface area contributed by atoms with Gasteiger partial charge < -0.3 is 14.4 Å². The van der Waals surface area contributed by atoms with Crippen LogP contribution in [-0.4, -0.2) is 52.5 Å². The van der Waals surface area contributed by atoms with Gasteiger partial charge in [-0.1, -0.05) is 18.2 Å². The number of aromatic amines is 1. The number of hydrogen-bond acceptors (Lipinski definition) is 6. The first-order valence-corrected chi connectivity index (χ1v) is 7.70. The molecule has 24 heavy (non-hydrogen) atoms. The lowest BCUT2D eigenvalue weighted by Crippen LogP contribution is -2.48. The number of benzene rings is 1. The van der Waals surface area contributed by atoms with Gasteiger partial charge in [0.05, 0.1) is 5.39 Å². The van der Waals surface area contributed by atoms with Crippen molar-refractivity contribution in [3.63, 3.8) is 0 Å². The quantitative estimate of drug-likeness (QED) is 0.785. The molecule has 2 aliphatic heterocycles. The van der Waals surface area contributed by atoms with Crippen LogP contribution in [0.25, 0.3) is 10.8 Å². The highest BCUT2D eigenvalue weighted by atomic mass is 16.8. The van der Waals surface area contributed by atoms with E-state index in [0.717, 1.165) is 0 Å². The molecule has 8 nitrogen and oxygen atoms in total. The predicted molar refractivity (Wildman–Crippen MR) is 82.7 cm³/mol. The summed E-state index contributed by atoms with van der Waals surface area (Å²) in [5.41, 5.74) is -0.718. The highest BCUT2D eigenvalue weighted by Gasteiger charge is 2.45. The van der Waals surface area contributed by atoms with Gasteiger partial charge in [-0.25, -0.2) is 9.89 Å². The first-order chi connectivity index (χ1) is 11.6. The third-order valence-electron chi connectivity index (χ3n) is 4.61. The molecule has 124 valence electrons. The SMILES string of the molecule is O=C1OCC2(CCN(C(=O)c3n[nH]c(=O)c4ccccc34)CC2)O1. The Morgan fingerprint density at radius 3 is 2.54 bits per heavy atom. The van der Waals surface area contributed by atoms with Crippen LogP contribution in [0.2, 0.25) is 0 Å². The number of rotatable bonds is 1. The molecule has 1 amide bonds.